The van der Waals surface area contributed by atoms with Crippen LogP contribution in [0.1, 0.15) is 23.6 Å². The van der Waals surface area contributed by atoms with E-state index in [0.717, 1.165) is 31.0 Å². The standard InChI is InChI=1S/C14H17FN4/c15-12-4-2-1-3-11(12)7-14-18-17-13-6-5-10(8-16)9-19(13)14/h1-4,10H,5-9,16H2. The molecule has 1 aromatic carbocycles. The molecule has 2 heterocycles. The quantitative estimate of drug-likeness (QED) is 0.910. The van der Waals surface area contributed by atoms with E-state index in [0.29, 0.717) is 24.4 Å². The molecule has 1 aliphatic heterocycles. The number of fused-ring (bicyclic) bond motifs is 1. The van der Waals surface area contributed by atoms with Crippen LogP contribution < -0.4 is 5.73 Å². The molecule has 0 radical (unpaired) electrons. The lowest BCUT2D eigenvalue weighted by atomic mass is 9.99. The molecular formula is C14H17FN4. The van der Waals surface area contributed by atoms with Gasteiger partial charge in [0.1, 0.15) is 17.5 Å². The van der Waals surface area contributed by atoms with Crippen LogP contribution in [-0.4, -0.2) is 21.3 Å². The van der Waals surface area contributed by atoms with Crippen LogP contribution in [0.3, 0.4) is 0 Å². The lowest BCUT2D eigenvalue weighted by Crippen LogP contribution is -2.27. The number of aryl methyl sites for hydroxylation is 1. The van der Waals surface area contributed by atoms with Gasteiger partial charge in [0, 0.05) is 19.4 Å². The molecule has 2 aromatic rings. The molecule has 1 atom stereocenters. The minimum absolute atomic E-state index is 0.189. The predicted molar refractivity (Wildman–Crippen MR) is 70.1 cm³/mol. The molecule has 0 saturated carbocycles. The van der Waals surface area contributed by atoms with E-state index in [1.54, 1.807) is 12.1 Å². The predicted octanol–water partition coefficient (Wildman–Crippen LogP) is 1.53. The first-order valence-corrected chi connectivity index (χ1v) is 6.62. The van der Waals surface area contributed by atoms with E-state index in [1.165, 1.54) is 6.07 Å². The Kier molecular flexibility index (Phi) is 3.29. The zero-order chi connectivity index (χ0) is 13.2. The second kappa shape index (κ2) is 5.09. The molecule has 100 valence electrons. The third-order valence-corrected chi connectivity index (χ3v) is 3.76. The van der Waals surface area contributed by atoms with Crippen LogP contribution in [0.5, 0.6) is 0 Å². The summed E-state index contributed by atoms with van der Waals surface area (Å²) in [4.78, 5) is 0. The molecule has 0 spiro atoms. The maximum atomic E-state index is 13.7. The summed E-state index contributed by atoms with van der Waals surface area (Å²) in [5.74, 6) is 2.11. The third kappa shape index (κ3) is 2.38. The first-order valence-electron chi connectivity index (χ1n) is 6.62. The van der Waals surface area contributed by atoms with E-state index in [2.05, 4.69) is 14.8 Å². The minimum atomic E-state index is -0.189. The fourth-order valence-electron chi connectivity index (χ4n) is 2.59. The molecule has 1 aliphatic rings. The molecule has 0 amide bonds. The molecular weight excluding hydrogens is 243 g/mol. The van der Waals surface area contributed by atoms with Crippen molar-refractivity contribution in [3.63, 3.8) is 0 Å². The maximum Gasteiger partial charge on any atom is 0.137 e. The Hall–Kier alpha value is -1.75. The van der Waals surface area contributed by atoms with Crippen LogP contribution in [0.15, 0.2) is 24.3 Å². The van der Waals surface area contributed by atoms with Gasteiger partial charge in [-0.3, -0.25) is 0 Å². The smallest absolute Gasteiger partial charge is 0.137 e. The molecule has 0 saturated heterocycles. The van der Waals surface area contributed by atoms with Gasteiger partial charge in [-0.25, -0.2) is 4.39 Å². The Labute approximate surface area is 111 Å². The highest BCUT2D eigenvalue weighted by Gasteiger charge is 2.22. The van der Waals surface area contributed by atoms with Gasteiger partial charge in [-0.1, -0.05) is 18.2 Å². The highest BCUT2D eigenvalue weighted by atomic mass is 19.1. The van der Waals surface area contributed by atoms with Crippen LogP contribution in [0.4, 0.5) is 4.39 Å². The molecule has 19 heavy (non-hydrogen) atoms. The zero-order valence-electron chi connectivity index (χ0n) is 10.7. The minimum Gasteiger partial charge on any atom is -0.330 e. The van der Waals surface area contributed by atoms with Crippen molar-refractivity contribution >= 4 is 0 Å². The molecule has 0 bridgehead atoms. The van der Waals surface area contributed by atoms with E-state index in [1.807, 2.05) is 6.07 Å². The summed E-state index contributed by atoms with van der Waals surface area (Å²) in [6, 6.07) is 6.81. The second-order valence-corrected chi connectivity index (χ2v) is 5.05. The van der Waals surface area contributed by atoms with Gasteiger partial charge in [0.25, 0.3) is 0 Å². The largest absolute Gasteiger partial charge is 0.330 e. The fourth-order valence-corrected chi connectivity index (χ4v) is 2.59. The molecule has 4 nitrogen and oxygen atoms in total. The Morgan fingerprint density at radius 1 is 1.32 bits per heavy atom. The number of aromatic nitrogens is 3. The average Bonchev–Trinajstić information content (AvgIpc) is 2.84. The van der Waals surface area contributed by atoms with Gasteiger partial charge in [-0.2, -0.15) is 0 Å². The van der Waals surface area contributed by atoms with E-state index in [4.69, 9.17) is 5.73 Å². The number of nitrogens with zero attached hydrogens (tertiary/aromatic N) is 3. The summed E-state index contributed by atoms with van der Waals surface area (Å²) in [5.41, 5.74) is 6.40. The SMILES string of the molecule is NCC1CCc2nnc(Cc3ccccc3F)n2C1. The number of nitrogens with two attached hydrogens (primary N) is 1. The lowest BCUT2D eigenvalue weighted by molar-refractivity contribution is 0.367. The number of halogens is 1. The fraction of sp³-hybridized carbons (Fsp3) is 0.429. The molecule has 0 fully saturated rings. The van der Waals surface area contributed by atoms with Crippen molar-refractivity contribution in [1.82, 2.24) is 14.8 Å². The Bertz CT molecular complexity index is 579. The monoisotopic (exact) mass is 260 g/mol. The number of hydrogen-bond donors (Lipinski definition) is 1. The van der Waals surface area contributed by atoms with Crippen molar-refractivity contribution in [1.29, 1.82) is 0 Å². The number of rotatable bonds is 3. The molecule has 2 N–H and O–H groups in total. The van der Waals surface area contributed by atoms with Crippen molar-refractivity contribution in [2.24, 2.45) is 11.7 Å². The Morgan fingerprint density at radius 3 is 2.95 bits per heavy atom. The van der Waals surface area contributed by atoms with E-state index in [-0.39, 0.29) is 5.82 Å². The number of benzene rings is 1. The normalized spacial score (nSPS) is 18.3. The molecule has 5 heteroatoms. The van der Waals surface area contributed by atoms with Crippen molar-refractivity contribution in [3.8, 4) is 0 Å². The van der Waals surface area contributed by atoms with E-state index >= 15 is 0 Å². The van der Waals surface area contributed by atoms with Crippen molar-refractivity contribution in [3.05, 3.63) is 47.3 Å². The van der Waals surface area contributed by atoms with Crippen LogP contribution in [0.2, 0.25) is 0 Å². The topological polar surface area (TPSA) is 56.7 Å². The van der Waals surface area contributed by atoms with Gasteiger partial charge in [0.2, 0.25) is 0 Å². The van der Waals surface area contributed by atoms with Crippen molar-refractivity contribution < 1.29 is 4.39 Å². The van der Waals surface area contributed by atoms with Gasteiger partial charge >= 0.3 is 0 Å². The Balaban J connectivity index is 1.87. The zero-order valence-corrected chi connectivity index (χ0v) is 10.7. The maximum absolute atomic E-state index is 13.7. The van der Waals surface area contributed by atoms with Crippen LogP contribution >= 0.6 is 0 Å². The summed E-state index contributed by atoms with van der Waals surface area (Å²) in [6.45, 7) is 1.53. The molecule has 3 rings (SSSR count). The third-order valence-electron chi connectivity index (χ3n) is 3.76. The van der Waals surface area contributed by atoms with Gasteiger partial charge in [-0.15, -0.1) is 10.2 Å². The first-order chi connectivity index (χ1) is 9.28. The molecule has 1 unspecified atom stereocenters. The highest BCUT2D eigenvalue weighted by Crippen LogP contribution is 2.21. The van der Waals surface area contributed by atoms with E-state index < -0.39 is 0 Å². The number of hydrogen-bond acceptors (Lipinski definition) is 3. The van der Waals surface area contributed by atoms with E-state index in [9.17, 15) is 4.39 Å². The molecule has 0 aliphatic carbocycles. The van der Waals surface area contributed by atoms with Crippen LogP contribution in [0.25, 0.3) is 0 Å². The first kappa shape index (κ1) is 12.3. The van der Waals surface area contributed by atoms with Gasteiger partial charge in [0.15, 0.2) is 0 Å². The lowest BCUT2D eigenvalue weighted by Gasteiger charge is -2.23. The van der Waals surface area contributed by atoms with Crippen molar-refractivity contribution in [2.45, 2.75) is 25.8 Å². The van der Waals surface area contributed by atoms with Gasteiger partial charge < -0.3 is 10.3 Å². The van der Waals surface area contributed by atoms with Gasteiger partial charge in [0.05, 0.1) is 0 Å². The Morgan fingerprint density at radius 2 is 2.16 bits per heavy atom. The van der Waals surface area contributed by atoms with Crippen LogP contribution in [0, 0.1) is 11.7 Å². The summed E-state index contributed by atoms with van der Waals surface area (Å²) in [5, 5.41) is 8.41. The van der Waals surface area contributed by atoms with Gasteiger partial charge in [-0.05, 0) is 30.5 Å². The summed E-state index contributed by atoms with van der Waals surface area (Å²) < 4.78 is 15.8. The summed E-state index contributed by atoms with van der Waals surface area (Å²) in [7, 11) is 0. The average molecular weight is 260 g/mol. The molecule has 1 aromatic heterocycles. The summed E-state index contributed by atoms with van der Waals surface area (Å²) >= 11 is 0. The van der Waals surface area contributed by atoms with Crippen molar-refractivity contribution in [2.75, 3.05) is 6.54 Å². The summed E-state index contributed by atoms with van der Waals surface area (Å²) in [6.07, 6.45) is 2.46. The van der Waals surface area contributed by atoms with Crippen LogP contribution in [-0.2, 0) is 19.4 Å². The second-order valence-electron chi connectivity index (χ2n) is 5.05. The highest BCUT2D eigenvalue weighted by molar-refractivity contribution is 5.21.